The van der Waals surface area contributed by atoms with E-state index in [9.17, 15) is 4.79 Å². The Morgan fingerprint density at radius 2 is 2.04 bits per heavy atom. The molecule has 2 atom stereocenters. The Balaban J connectivity index is 0.00000242. The second-order valence-electron chi connectivity index (χ2n) is 6.72. The summed E-state index contributed by atoms with van der Waals surface area (Å²) in [5, 5.41) is 6.68. The first-order valence-electron chi connectivity index (χ1n) is 8.52. The predicted octanol–water partition coefficient (Wildman–Crippen LogP) is 2.62. The number of carbonyl (C=O) groups is 1. The first-order valence-corrected chi connectivity index (χ1v) is 8.52. The molecule has 2 aliphatic rings. The molecule has 0 bridgehead atoms. The number of carbonyl (C=O) groups excluding carboxylic acids is 1. The van der Waals surface area contributed by atoms with Gasteiger partial charge in [0.25, 0.3) is 0 Å². The zero-order valence-electron chi connectivity index (χ0n) is 14.3. The Morgan fingerprint density at radius 3 is 2.61 bits per heavy atom. The highest BCUT2D eigenvalue weighted by molar-refractivity contribution is 5.85. The number of likely N-dealkylation sites (tertiary alicyclic amines) is 1. The number of nitrogens with one attached hydrogen (secondary N) is 2. The fourth-order valence-corrected chi connectivity index (χ4v) is 3.55. The Bertz CT molecular complexity index is 341. The van der Waals surface area contributed by atoms with Gasteiger partial charge in [0.1, 0.15) is 0 Å². The smallest absolute Gasteiger partial charge is 0.220 e. The molecule has 1 amide bonds. The summed E-state index contributed by atoms with van der Waals surface area (Å²) in [5.41, 5.74) is 0. The van der Waals surface area contributed by atoms with E-state index in [0.717, 1.165) is 45.6 Å². The van der Waals surface area contributed by atoms with E-state index < -0.39 is 0 Å². The topological polar surface area (TPSA) is 44.4 Å². The van der Waals surface area contributed by atoms with Gasteiger partial charge in [0.15, 0.2) is 0 Å². The van der Waals surface area contributed by atoms with Gasteiger partial charge in [0, 0.05) is 32.1 Å². The van der Waals surface area contributed by atoms with Crippen LogP contribution in [0.25, 0.3) is 0 Å². The molecule has 2 aliphatic heterocycles. The van der Waals surface area contributed by atoms with Gasteiger partial charge in [-0.05, 0) is 50.6 Å². The molecule has 0 aromatic rings. The molecular formula is C17H33Cl2N3O. The van der Waals surface area contributed by atoms with Gasteiger partial charge in [0.2, 0.25) is 5.91 Å². The fourth-order valence-electron chi connectivity index (χ4n) is 3.55. The van der Waals surface area contributed by atoms with Gasteiger partial charge in [0.05, 0.1) is 0 Å². The molecule has 136 valence electrons. The minimum absolute atomic E-state index is 0. The van der Waals surface area contributed by atoms with Crippen molar-refractivity contribution in [3.63, 3.8) is 0 Å². The van der Waals surface area contributed by atoms with E-state index in [1.807, 2.05) is 6.08 Å². The molecule has 0 spiro atoms. The maximum atomic E-state index is 12.2. The van der Waals surface area contributed by atoms with Gasteiger partial charge in [-0.1, -0.05) is 13.0 Å². The number of hydrogen-bond donors (Lipinski definition) is 2. The summed E-state index contributed by atoms with van der Waals surface area (Å²) in [6, 6.07) is 0.371. The van der Waals surface area contributed by atoms with Crippen molar-refractivity contribution in [1.82, 2.24) is 15.5 Å². The normalized spacial score (nSPS) is 24.0. The standard InChI is InChI=1S/C17H31N3O.2ClH/c1-3-9-20-10-6-16(7-11-20)19-17(21)12-14(2)15-5-4-8-18-13-15;;/h3,14-16,18H,1,4-13H2,2H3,(H,19,21);2*1H. The van der Waals surface area contributed by atoms with Crippen LogP contribution in [0.5, 0.6) is 0 Å². The first-order chi connectivity index (χ1) is 10.2. The van der Waals surface area contributed by atoms with Crippen molar-refractivity contribution >= 4 is 30.7 Å². The van der Waals surface area contributed by atoms with Crippen LogP contribution in [0, 0.1) is 11.8 Å². The van der Waals surface area contributed by atoms with Gasteiger partial charge >= 0.3 is 0 Å². The quantitative estimate of drug-likeness (QED) is 0.711. The molecule has 2 rings (SSSR count). The van der Waals surface area contributed by atoms with Crippen molar-refractivity contribution in [1.29, 1.82) is 0 Å². The van der Waals surface area contributed by atoms with Crippen LogP contribution in [-0.2, 0) is 4.79 Å². The van der Waals surface area contributed by atoms with Crippen molar-refractivity contribution in [2.45, 2.75) is 45.1 Å². The third kappa shape index (κ3) is 7.88. The summed E-state index contributed by atoms with van der Waals surface area (Å²) in [4.78, 5) is 14.6. The van der Waals surface area contributed by atoms with Crippen molar-refractivity contribution in [3.05, 3.63) is 12.7 Å². The van der Waals surface area contributed by atoms with E-state index in [1.165, 1.54) is 12.8 Å². The molecule has 0 aromatic heterocycles. The van der Waals surface area contributed by atoms with Gasteiger partial charge < -0.3 is 10.6 Å². The van der Waals surface area contributed by atoms with Crippen LogP contribution in [0.1, 0.15) is 39.0 Å². The average Bonchev–Trinajstić information content (AvgIpc) is 2.50. The molecule has 2 saturated heterocycles. The fraction of sp³-hybridized carbons (Fsp3) is 0.824. The summed E-state index contributed by atoms with van der Waals surface area (Å²) in [5.74, 6) is 1.40. The monoisotopic (exact) mass is 365 g/mol. The average molecular weight is 366 g/mol. The van der Waals surface area contributed by atoms with Crippen LogP contribution in [0.3, 0.4) is 0 Å². The molecule has 2 unspecified atom stereocenters. The molecular weight excluding hydrogens is 333 g/mol. The summed E-state index contributed by atoms with van der Waals surface area (Å²) >= 11 is 0. The van der Waals surface area contributed by atoms with Crippen LogP contribution in [-0.4, -0.2) is 49.6 Å². The highest BCUT2D eigenvalue weighted by Crippen LogP contribution is 2.22. The van der Waals surface area contributed by atoms with Crippen molar-refractivity contribution in [2.24, 2.45) is 11.8 Å². The summed E-state index contributed by atoms with van der Waals surface area (Å²) in [6.45, 7) is 11.3. The molecule has 23 heavy (non-hydrogen) atoms. The lowest BCUT2D eigenvalue weighted by molar-refractivity contribution is -0.123. The highest BCUT2D eigenvalue weighted by Gasteiger charge is 2.24. The zero-order chi connectivity index (χ0) is 15.1. The SMILES string of the molecule is C=CCN1CCC(NC(=O)CC(C)C2CCCNC2)CC1.Cl.Cl. The van der Waals surface area contributed by atoms with E-state index in [4.69, 9.17) is 0 Å². The van der Waals surface area contributed by atoms with E-state index in [1.54, 1.807) is 0 Å². The number of piperidine rings is 2. The largest absolute Gasteiger partial charge is 0.353 e. The maximum Gasteiger partial charge on any atom is 0.220 e. The molecule has 2 heterocycles. The van der Waals surface area contributed by atoms with Crippen LogP contribution in [0.2, 0.25) is 0 Å². The molecule has 0 aromatic carbocycles. The van der Waals surface area contributed by atoms with Crippen molar-refractivity contribution < 1.29 is 4.79 Å². The van der Waals surface area contributed by atoms with Crippen molar-refractivity contribution in [2.75, 3.05) is 32.7 Å². The number of nitrogens with zero attached hydrogens (tertiary/aromatic N) is 1. The van der Waals surface area contributed by atoms with Gasteiger partial charge in [-0.25, -0.2) is 0 Å². The first kappa shape index (κ1) is 22.7. The maximum absolute atomic E-state index is 12.2. The molecule has 2 fully saturated rings. The van der Waals surface area contributed by atoms with Gasteiger partial charge in [-0.15, -0.1) is 31.4 Å². The third-order valence-electron chi connectivity index (χ3n) is 4.99. The Kier molecular flexibility index (Phi) is 12.0. The van der Waals surface area contributed by atoms with E-state index >= 15 is 0 Å². The van der Waals surface area contributed by atoms with E-state index in [-0.39, 0.29) is 30.7 Å². The Morgan fingerprint density at radius 1 is 1.35 bits per heavy atom. The Hall–Kier alpha value is -0.290. The highest BCUT2D eigenvalue weighted by atomic mass is 35.5. The second-order valence-corrected chi connectivity index (χ2v) is 6.72. The molecule has 0 radical (unpaired) electrons. The van der Waals surface area contributed by atoms with E-state index in [0.29, 0.717) is 24.3 Å². The van der Waals surface area contributed by atoms with E-state index in [2.05, 4.69) is 29.0 Å². The van der Waals surface area contributed by atoms with Crippen LogP contribution < -0.4 is 10.6 Å². The third-order valence-corrected chi connectivity index (χ3v) is 4.99. The minimum Gasteiger partial charge on any atom is -0.353 e. The second kappa shape index (κ2) is 12.1. The summed E-state index contributed by atoms with van der Waals surface area (Å²) < 4.78 is 0. The van der Waals surface area contributed by atoms with Crippen LogP contribution in [0.4, 0.5) is 0 Å². The van der Waals surface area contributed by atoms with Gasteiger partial charge in [-0.3, -0.25) is 9.69 Å². The Labute approximate surface area is 153 Å². The summed E-state index contributed by atoms with van der Waals surface area (Å²) in [6.07, 6.45) is 7.29. The molecule has 0 aliphatic carbocycles. The van der Waals surface area contributed by atoms with Gasteiger partial charge in [-0.2, -0.15) is 0 Å². The van der Waals surface area contributed by atoms with Crippen molar-refractivity contribution in [3.8, 4) is 0 Å². The van der Waals surface area contributed by atoms with Crippen LogP contribution in [0.15, 0.2) is 12.7 Å². The minimum atomic E-state index is 0. The lowest BCUT2D eigenvalue weighted by Gasteiger charge is -2.32. The molecule has 4 nitrogen and oxygen atoms in total. The molecule has 2 N–H and O–H groups in total. The number of halogens is 2. The number of amides is 1. The predicted molar refractivity (Wildman–Crippen MR) is 102 cm³/mol. The number of rotatable bonds is 6. The van der Waals surface area contributed by atoms with Crippen LogP contribution >= 0.6 is 24.8 Å². The summed E-state index contributed by atoms with van der Waals surface area (Å²) in [7, 11) is 0. The number of hydrogen-bond acceptors (Lipinski definition) is 3. The lowest BCUT2D eigenvalue weighted by Crippen LogP contribution is -2.45. The molecule has 6 heteroatoms. The zero-order valence-corrected chi connectivity index (χ0v) is 15.9. The molecule has 0 saturated carbocycles. The lowest BCUT2D eigenvalue weighted by atomic mass is 9.85.